The van der Waals surface area contributed by atoms with Gasteiger partial charge in [-0.1, -0.05) is 81.4 Å². The maximum Gasteiger partial charge on any atom is 0.408 e. The van der Waals surface area contributed by atoms with E-state index in [2.05, 4.69) is 5.32 Å². The van der Waals surface area contributed by atoms with Crippen molar-refractivity contribution in [3.8, 4) is 0 Å². The molecule has 0 saturated heterocycles. The Hall–Kier alpha value is -2.98. The third-order valence-corrected chi connectivity index (χ3v) is 7.14. The third-order valence-electron chi connectivity index (χ3n) is 7.14. The molecule has 0 aliphatic carbocycles. The third kappa shape index (κ3) is 7.52. The fraction of sp³-hybridized carbons (Fsp3) is 0.500. The van der Waals surface area contributed by atoms with Gasteiger partial charge in [0.15, 0.2) is 0 Å². The van der Waals surface area contributed by atoms with Crippen LogP contribution >= 0.6 is 0 Å². The van der Waals surface area contributed by atoms with Gasteiger partial charge in [0.1, 0.15) is 11.3 Å². The van der Waals surface area contributed by atoms with Gasteiger partial charge in [0, 0.05) is 6.42 Å². The van der Waals surface area contributed by atoms with Gasteiger partial charge in [-0.05, 0) is 36.8 Å². The van der Waals surface area contributed by atoms with E-state index in [0.29, 0.717) is 5.56 Å². The molecule has 204 valence electrons. The Morgan fingerprint density at radius 1 is 0.946 bits per heavy atom. The van der Waals surface area contributed by atoms with Crippen molar-refractivity contribution in [3.63, 3.8) is 0 Å². The molecular formula is C28H41N3O6. The first-order chi connectivity index (χ1) is 17.1. The van der Waals surface area contributed by atoms with Crippen molar-refractivity contribution in [1.29, 1.82) is 0 Å². The number of amides is 2. The van der Waals surface area contributed by atoms with Crippen molar-refractivity contribution in [2.24, 2.45) is 11.1 Å². The van der Waals surface area contributed by atoms with Gasteiger partial charge in [-0.2, -0.15) is 0 Å². The Labute approximate surface area is 218 Å². The van der Waals surface area contributed by atoms with Crippen molar-refractivity contribution in [2.75, 3.05) is 6.54 Å². The van der Waals surface area contributed by atoms with Crippen LogP contribution in [-0.4, -0.2) is 73.4 Å². The zero-order chi connectivity index (χ0) is 28.0. The van der Waals surface area contributed by atoms with Gasteiger partial charge in [-0.25, -0.2) is 4.79 Å². The van der Waals surface area contributed by atoms with Crippen LogP contribution in [0, 0.1) is 5.41 Å². The predicted octanol–water partition coefficient (Wildman–Crippen LogP) is 2.13. The van der Waals surface area contributed by atoms with E-state index in [0.717, 1.165) is 10.5 Å². The number of nitrogens with zero attached hydrogens (tertiary/aromatic N) is 1. The zero-order valence-electron chi connectivity index (χ0n) is 22.3. The quantitative estimate of drug-likeness (QED) is 0.250. The van der Waals surface area contributed by atoms with Crippen LogP contribution in [0.2, 0.25) is 0 Å². The molecule has 2 aromatic rings. The molecule has 2 amide bonds. The summed E-state index contributed by atoms with van der Waals surface area (Å²) in [6.45, 7) is 7.47. The zero-order valence-corrected chi connectivity index (χ0v) is 22.3. The van der Waals surface area contributed by atoms with E-state index in [1.165, 1.54) is 13.8 Å². The molecule has 7 N–H and O–H groups in total. The summed E-state index contributed by atoms with van der Waals surface area (Å²) < 4.78 is 0. The molecule has 0 saturated carbocycles. The number of rotatable bonds is 11. The van der Waals surface area contributed by atoms with Gasteiger partial charge >= 0.3 is 6.09 Å². The Balaban J connectivity index is 2.39. The molecular weight excluding hydrogens is 474 g/mol. The minimum absolute atomic E-state index is 0.00102. The topological polar surface area (TPSA) is 156 Å². The molecule has 0 spiro atoms. The van der Waals surface area contributed by atoms with Crippen molar-refractivity contribution < 1.29 is 30.0 Å². The molecule has 0 aliphatic rings. The molecule has 9 heteroatoms. The number of hydrogen-bond acceptors (Lipinski definition) is 6. The Morgan fingerprint density at radius 2 is 1.43 bits per heavy atom. The summed E-state index contributed by atoms with van der Waals surface area (Å²) in [5.74, 6) is -0.694. The average molecular weight is 516 g/mol. The number of carboxylic acid groups (broad SMARTS) is 1. The second kappa shape index (κ2) is 12.0. The number of carbonyl (C=O) groups excluding carboxylic acids is 1. The van der Waals surface area contributed by atoms with Crippen LogP contribution in [0.3, 0.4) is 0 Å². The van der Waals surface area contributed by atoms with Crippen molar-refractivity contribution in [3.05, 3.63) is 71.8 Å². The van der Waals surface area contributed by atoms with Gasteiger partial charge in [-0.15, -0.1) is 0 Å². The summed E-state index contributed by atoms with van der Waals surface area (Å²) in [4.78, 5) is 26.3. The van der Waals surface area contributed by atoms with Crippen LogP contribution in [0.15, 0.2) is 60.7 Å². The second-order valence-electron chi connectivity index (χ2n) is 10.9. The molecule has 0 aliphatic heterocycles. The monoisotopic (exact) mass is 515 g/mol. The normalized spacial score (nSPS) is 17.5. The van der Waals surface area contributed by atoms with Crippen molar-refractivity contribution in [1.82, 2.24) is 10.2 Å². The number of carbonyl (C=O) groups is 2. The van der Waals surface area contributed by atoms with E-state index in [-0.39, 0.29) is 12.8 Å². The van der Waals surface area contributed by atoms with E-state index in [9.17, 15) is 30.0 Å². The fourth-order valence-corrected chi connectivity index (χ4v) is 3.93. The van der Waals surface area contributed by atoms with Crippen LogP contribution in [0.1, 0.15) is 45.7 Å². The molecule has 2 rings (SSSR count). The molecule has 37 heavy (non-hydrogen) atoms. The molecule has 5 atom stereocenters. The molecule has 5 unspecified atom stereocenters. The molecule has 0 heterocycles. The van der Waals surface area contributed by atoms with Gasteiger partial charge in [0.05, 0.1) is 24.8 Å². The van der Waals surface area contributed by atoms with Gasteiger partial charge in [0.25, 0.3) is 5.91 Å². The lowest BCUT2D eigenvalue weighted by molar-refractivity contribution is -0.151. The van der Waals surface area contributed by atoms with E-state index >= 15 is 0 Å². The average Bonchev–Trinajstić information content (AvgIpc) is 2.82. The Bertz CT molecular complexity index is 1020. The summed E-state index contributed by atoms with van der Waals surface area (Å²) >= 11 is 0. The number of aliphatic hydroxyl groups is 3. The highest BCUT2D eigenvalue weighted by molar-refractivity contribution is 5.85. The van der Waals surface area contributed by atoms with Gasteiger partial charge < -0.3 is 31.5 Å². The summed E-state index contributed by atoms with van der Waals surface area (Å²) in [7, 11) is 0. The van der Waals surface area contributed by atoms with E-state index in [1.54, 1.807) is 45.0 Å². The van der Waals surface area contributed by atoms with Crippen LogP contribution in [0.5, 0.6) is 0 Å². The van der Waals surface area contributed by atoms with Gasteiger partial charge in [-0.3, -0.25) is 9.69 Å². The van der Waals surface area contributed by atoms with Crippen molar-refractivity contribution in [2.45, 2.75) is 77.0 Å². The molecule has 9 nitrogen and oxygen atoms in total. The van der Waals surface area contributed by atoms with E-state index in [4.69, 9.17) is 5.73 Å². The summed E-state index contributed by atoms with van der Waals surface area (Å²) in [6.07, 6.45) is -3.94. The highest BCUT2D eigenvalue weighted by Crippen LogP contribution is 2.30. The lowest BCUT2D eigenvalue weighted by Gasteiger charge is -2.43. The largest absolute Gasteiger partial charge is 0.465 e. The predicted molar refractivity (Wildman–Crippen MR) is 142 cm³/mol. The number of benzene rings is 2. The van der Waals surface area contributed by atoms with Crippen molar-refractivity contribution >= 4 is 12.0 Å². The minimum atomic E-state index is -1.77. The smallest absolute Gasteiger partial charge is 0.408 e. The SMILES string of the molecule is CC(O)C(N)(Cc1ccccc1)N(CC(O)C(Cc1ccccc1)NC(=O)C(C)(O)C(C)(C)C)C(=O)O. The van der Waals surface area contributed by atoms with E-state index in [1.807, 2.05) is 36.4 Å². The second-order valence-corrected chi connectivity index (χ2v) is 10.9. The fourth-order valence-electron chi connectivity index (χ4n) is 3.93. The molecule has 2 aromatic carbocycles. The maximum absolute atomic E-state index is 13.1. The van der Waals surface area contributed by atoms with Gasteiger partial charge in [0.2, 0.25) is 0 Å². The highest BCUT2D eigenvalue weighted by atomic mass is 16.4. The number of aliphatic hydroxyl groups excluding tert-OH is 2. The highest BCUT2D eigenvalue weighted by Gasteiger charge is 2.45. The first kappa shape index (κ1) is 30.2. The summed E-state index contributed by atoms with van der Waals surface area (Å²) in [6, 6.07) is 17.1. The standard InChI is InChI=1S/C28H41N3O6/c1-19(32)28(29,17-21-14-10-7-11-15-21)31(25(35)36)18-23(33)22(16-20-12-8-6-9-13-20)30-24(34)27(5,37)26(2,3)4/h6-15,19,22-23,32-33,37H,16-18,29H2,1-5H3,(H,30,34)(H,35,36). The number of hydrogen-bond donors (Lipinski definition) is 6. The lowest BCUT2D eigenvalue weighted by Crippen LogP contribution is -2.68. The van der Waals surface area contributed by atoms with Crippen LogP contribution in [0.25, 0.3) is 0 Å². The van der Waals surface area contributed by atoms with Crippen LogP contribution in [-0.2, 0) is 17.6 Å². The van der Waals surface area contributed by atoms with Crippen LogP contribution < -0.4 is 11.1 Å². The molecule has 0 radical (unpaired) electrons. The number of nitrogens with one attached hydrogen (secondary N) is 1. The Morgan fingerprint density at radius 3 is 1.86 bits per heavy atom. The Kier molecular flexibility index (Phi) is 9.84. The lowest BCUT2D eigenvalue weighted by atomic mass is 9.77. The first-order valence-corrected chi connectivity index (χ1v) is 12.4. The maximum atomic E-state index is 13.1. The molecule has 0 bridgehead atoms. The minimum Gasteiger partial charge on any atom is -0.465 e. The molecule has 0 fully saturated rings. The number of nitrogens with two attached hydrogens (primary N) is 1. The summed E-state index contributed by atoms with van der Waals surface area (Å²) in [5.41, 5.74) is 3.68. The van der Waals surface area contributed by atoms with E-state index < -0.39 is 53.5 Å². The molecule has 0 aromatic heterocycles. The first-order valence-electron chi connectivity index (χ1n) is 12.4. The summed E-state index contributed by atoms with van der Waals surface area (Å²) in [5, 5.41) is 45.5. The van der Waals surface area contributed by atoms with Crippen LogP contribution in [0.4, 0.5) is 4.79 Å².